The zero-order valence-corrected chi connectivity index (χ0v) is 19.8. The van der Waals surface area contributed by atoms with Crippen molar-refractivity contribution in [1.29, 1.82) is 0 Å². The third-order valence-electron chi connectivity index (χ3n) is 4.91. The van der Waals surface area contributed by atoms with Crippen molar-refractivity contribution in [1.82, 2.24) is 18.9 Å². The largest absolute Gasteiger partial charge is 0.352 e. The van der Waals surface area contributed by atoms with Crippen molar-refractivity contribution in [2.75, 3.05) is 30.9 Å². The number of sulfonamides is 2. The van der Waals surface area contributed by atoms with Gasteiger partial charge in [0.25, 0.3) is 5.91 Å². The first kappa shape index (κ1) is 24.6. The van der Waals surface area contributed by atoms with Crippen LogP contribution in [-0.4, -0.2) is 68.0 Å². The smallest absolute Gasteiger partial charge is 0.322 e. The summed E-state index contributed by atoms with van der Waals surface area (Å²) in [6.07, 6.45) is 3.43. The molecule has 33 heavy (non-hydrogen) atoms. The predicted octanol–water partition coefficient (Wildman–Crippen LogP) is 0.970. The Labute approximate surface area is 192 Å². The maximum atomic E-state index is 12.5. The molecule has 0 saturated heterocycles. The first-order valence-electron chi connectivity index (χ1n) is 10.00. The Morgan fingerprint density at radius 1 is 1.03 bits per heavy atom. The first-order valence-corrected chi connectivity index (χ1v) is 13.7. The third-order valence-corrected chi connectivity index (χ3v) is 8.38. The summed E-state index contributed by atoms with van der Waals surface area (Å²) in [5.41, 5.74) is 2.75. The second kappa shape index (κ2) is 9.85. The Kier molecular flexibility index (Phi) is 7.34. The second-order valence-corrected chi connectivity index (χ2v) is 11.6. The van der Waals surface area contributed by atoms with Crippen molar-refractivity contribution < 1.29 is 26.4 Å². The van der Waals surface area contributed by atoms with Crippen LogP contribution in [0.1, 0.15) is 28.0 Å². The van der Waals surface area contributed by atoms with Crippen LogP contribution in [-0.2, 0) is 33.1 Å². The number of urea groups is 1. The molecule has 1 aromatic heterocycles. The fourth-order valence-electron chi connectivity index (χ4n) is 3.34. The van der Waals surface area contributed by atoms with E-state index < -0.39 is 26.0 Å². The maximum Gasteiger partial charge on any atom is 0.322 e. The highest BCUT2D eigenvalue weighted by molar-refractivity contribution is 8.03. The summed E-state index contributed by atoms with van der Waals surface area (Å²) in [5, 5.41) is 5.40. The SMILES string of the molecule is CS(=O)(=O)N(CCCNC(=O)c1ccc(NC(=O)N2Cc3cccnc3C2)cc1)S(C)(=O)=O. The number of hydrogen-bond donors (Lipinski definition) is 2. The average molecular weight is 496 g/mol. The van der Waals surface area contributed by atoms with E-state index in [9.17, 15) is 26.4 Å². The highest BCUT2D eigenvalue weighted by atomic mass is 32.3. The van der Waals surface area contributed by atoms with Crippen LogP contribution in [0.3, 0.4) is 0 Å². The lowest BCUT2D eigenvalue weighted by Crippen LogP contribution is -2.37. The third kappa shape index (κ3) is 6.49. The van der Waals surface area contributed by atoms with Crippen molar-refractivity contribution in [3.8, 4) is 0 Å². The van der Waals surface area contributed by atoms with Gasteiger partial charge in [-0.05, 0) is 42.3 Å². The molecule has 0 spiro atoms. The number of aromatic nitrogens is 1. The zero-order valence-electron chi connectivity index (χ0n) is 18.2. The van der Waals surface area contributed by atoms with E-state index in [1.54, 1.807) is 35.4 Å². The van der Waals surface area contributed by atoms with Crippen LogP contribution < -0.4 is 10.6 Å². The molecule has 0 radical (unpaired) electrons. The van der Waals surface area contributed by atoms with E-state index in [4.69, 9.17) is 0 Å². The molecule has 2 aromatic rings. The summed E-state index contributed by atoms with van der Waals surface area (Å²) >= 11 is 0. The molecule has 13 heteroatoms. The lowest BCUT2D eigenvalue weighted by atomic mass is 10.2. The van der Waals surface area contributed by atoms with Crippen LogP contribution in [0.5, 0.6) is 0 Å². The van der Waals surface area contributed by atoms with Gasteiger partial charge in [0.05, 0.1) is 24.8 Å². The Morgan fingerprint density at radius 2 is 1.70 bits per heavy atom. The van der Waals surface area contributed by atoms with Gasteiger partial charge in [-0.2, -0.15) is 0 Å². The van der Waals surface area contributed by atoms with Gasteiger partial charge >= 0.3 is 6.03 Å². The summed E-state index contributed by atoms with van der Waals surface area (Å²) in [6, 6.07) is 9.79. The van der Waals surface area contributed by atoms with Crippen LogP contribution in [0.4, 0.5) is 10.5 Å². The molecular formula is C20H25N5O6S2. The number of benzene rings is 1. The summed E-state index contributed by atoms with van der Waals surface area (Å²) in [7, 11) is -7.84. The van der Waals surface area contributed by atoms with E-state index in [0.717, 1.165) is 23.8 Å². The van der Waals surface area contributed by atoms with Crippen LogP contribution in [0, 0.1) is 0 Å². The second-order valence-electron chi connectivity index (χ2n) is 7.60. The minimum absolute atomic E-state index is 0.0857. The molecule has 178 valence electrons. The minimum atomic E-state index is -3.92. The monoisotopic (exact) mass is 495 g/mol. The summed E-state index contributed by atoms with van der Waals surface area (Å²) in [4.78, 5) is 30.7. The van der Waals surface area contributed by atoms with Gasteiger partial charge in [0, 0.05) is 37.1 Å². The Morgan fingerprint density at radius 3 is 2.30 bits per heavy atom. The number of rotatable bonds is 8. The molecule has 0 atom stereocenters. The standard InChI is InChI=1S/C20H25N5O6S2/c1-32(28,29)25(33(2,30)31)12-4-11-22-19(26)15-6-8-17(9-7-15)23-20(27)24-13-16-5-3-10-21-18(16)14-24/h3,5-10H,4,11-14H2,1-2H3,(H,22,26)(H,23,27). The van der Waals surface area contributed by atoms with E-state index in [0.29, 0.717) is 28.1 Å². The lowest BCUT2D eigenvalue weighted by Gasteiger charge is -2.17. The van der Waals surface area contributed by atoms with Crippen LogP contribution in [0.15, 0.2) is 42.6 Å². The molecule has 0 fully saturated rings. The lowest BCUT2D eigenvalue weighted by molar-refractivity contribution is 0.0953. The van der Waals surface area contributed by atoms with E-state index in [-0.39, 0.29) is 25.5 Å². The molecule has 0 aliphatic carbocycles. The number of carbonyl (C=O) groups excluding carboxylic acids is 2. The topological polar surface area (TPSA) is 146 Å². The Hall–Kier alpha value is -3.03. The number of pyridine rings is 1. The van der Waals surface area contributed by atoms with E-state index >= 15 is 0 Å². The molecule has 1 aliphatic rings. The highest BCUT2D eigenvalue weighted by Gasteiger charge is 2.26. The van der Waals surface area contributed by atoms with Gasteiger partial charge in [-0.25, -0.2) is 21.6 Å². The normalized spacial score (nSPS) is 13.6. The van der Waals surface area contributed by atoms with Gasteiger partial charge in [0.1, 0.15) is 0 Å². The Bertz CT molecular complexity index is 1190. The summed E-state index contributed by atoms with van der Waals surface area (Å²) in [5.74, 6) is -0.404. The molecule has 0 bridgehead atoms. The number of fused-ring (bicyclic) bond motifs is 1. The van der Waals surface area contributed by atoms with Gasteiger partial charge < -0.3 is 15.5 Å². The van der Waals surface area contributed by atoms with Gasteiger partial charge in [0.15, 0.2) is 0 Å². The number of carbonyl (C=O) groups is 2. The molecule has 11 nitrogen and oxygen atoms in total. The first-order chi connectivity index (χ1) is 15.4. The molecule has 2 N–H and O–H groups in total. The van der Waals surface area contributed by atoms with Gasteiger partial charge in [0.2, 0.25) is 20.0 Å². The van der Waals surface area contributed by atoms with Crippen molar-refractivity contribution >= 4 is 37.7 Å². The van der Waals surface area contributed by atoms with Crippen molar-refractivity contribution in [3.05, 3.63) is 59.4 Å². The minimum Gasteiger partial charge on any atom is -0.352 e. The molecule has 3 amide bonds. The van der Waals surface area contributed by atoms with Gasteiger partial charge in [-0.3, -0.25) is 9.78 Å². The van der Waals surface area contributed by atoms with Crippen LogP contribution in [0.25, 0.3) is 0 Å². The van der Waals surface area contributed by atoms with E-state index in [2.05, 4.69) is 15.6 Å². The quantitative estimate of drug-likeness (QED) is 0.519. The van der Waals surface area contributed by atoms with Gasteiger partial charge in [-0.1, -0.05) is 9.78 Å². The molecular weight excluding hydrogens is 470 g/mol. The average Bonchev–Trinajstić information content (AvgIpc) is 3.16. The maximum absolute atomic E-state index is 12.5. The fourth-order valence-corrected chi connectivity index (χ4v) is 6.23. The predicted molar refractivity (Wildman–Crippen MR) is 122 cm³/mol. The van der Waals surface area contributed by atoms with E-state index in [1.807, 2.05) is 12.1 Å². The summed E-state index contributed by atoms with van der Waals surface area (Å²) < 4.78 is 46.8. The number of nitrogens with zero attached hydrogens (tertiary/aromatic N) is 3. The van der Waals surface area contributed by atoms with E-state index in [1.165, 1.54) is 0 Å². The Balaban J connectivity index is 1.48. The zero-order chi connectivity index (χ0) is 24.2. The molecule has 0 saturated carbocycles. The number of hydrogen-bond acceptors (Lipinski definition) is 7. The molecule has 2 heterocycles. The summed E-state index contributed by atoms with van der Waals surface area (Å²) in [6.45, 7) is 0.728. The molecule has 0 unspecified atom stereocenters. The number of nitrogens with one attached hydrogen (secondary N) is 2. The molecule has 1 aromatic carbocycles. The van der Waals surface area contributed by atoms with Crippen LogP contribution >= 0.6 is 0 Å². The molecule has 3 rings (SSSR count). The number of anilines is 1. The highest BCUT2D eigenvalue weighted by Crippen LogP contribution is 2.21. The van der Waals surface area contributed by atoms with Gasteiger partial charge in [-0.15, -0.1) is 0 Å². The fraction of sp³-hybridized carbons (Fsp3) is 0.350. The van der Waals surface area contributed by atoms with Crippen molar-refractivity contribution in [2.45, 2.75) is 19.5 Å². The van der Waals surface area contributed by atoms with Crippen LogP contribution in [0.2, 0.25) is 0 Å². The molecule has 1 aliphatic heterocycles. The van der Waals surface area contributed by atoms with Crippen molar-refractivity contribution in [3.63, 3.8) is 0 Å². The number of amides is 3. The van der Waals surface area contributed by atoms with Crippen molar-refractivity contribution in [2.24, 2.45) is 0 Å².